The number of aromatic nitrogens is 2. The minimum absolute atomic E-state index is 0.156. The highest BCUT2D eigenvalue weighted by Gasteiger charge is 2.37. The van der Waals surface area contributed by atoms with E-state index in [1.807, 2.05) is 60.9 Å². The first kappa shape index (κ1) is 36.3. The minimum atomic E-state index is -1.07. The van der Waals surface area contributed by atoms with Crippen molar-refractivity contribution in [2.45, 2.75) is 96.6 Å². The number of hydrogen-bond acceptors (Lipinski definition) is 6. The summed E-state index contributed by atoms with van der Waals surface area (Å²) in [6.45, 7) is 2.07. The third-order valence-electron chi connectivity index (χ3n) is 11.5. The van der Waals surface area contributed by atoms with Crippen molar-refractivity contribution in [2.24, 2.45) is 23.7 Å². The fourth-order valence-electron chi connectivity index (χ4n) is 8.46. The molecule has 0 radical (unpaired) electrons. The highest BCUT2D eigenvalue weighted by atomic mass is 16.5. The molecule has 6 rings (SSSR count). The molecule has 1 heterocycles. The topological polar surface area (TPSA) is 122 Å². The van der Waals surface area contributed by atoms with E-state index in [1.165, 1.54) is 49.0 Å². The molecule has 2 fully saturated rings. The van der Waals surface area contributed by atoms with Crippen LogP contribution >= 0.6 is 0 Å². The maximum atomic E-state index is 13.8. The molecule has 0 aliphatic heterocycles. The van der Waals surface area contributed by atoms with Crippen LogP contribution in [-0.2, 0) is 27.3 Å². The SMILES string of the molecule is CC[C@H]1CC[C@H](C2CC=C(c3cnc(-c4ccc(CN(CC(=O)O)C(=O)[C@H]5CCC[C@H]5NC(=O)Cc5ccc(OC)cc5)cc4)nc3)CC2)CC1. The molecule has 0 bridgehead atoms. The van der Waals surface area contributed by atoms with Crippen molar-refractivity contribution in [3.8, 4) is 17.1 Å². The summed E-state index contributed by atoms with van der Waals surface area (Å²) in [5, 5.41) is 12.7. The first-order valence-electron chi connectivity index (χ1n) is 18.8. The van der Waals surface area contributed by atoms with Crippen molar-refractivity contribution in [1.29, 1.82) is 0 Å². The third-order valence-corrected chi connectivity index (χ3v) is 11.5. The maximum absolute atomic E-state index is 13.8. The molecule has 3 aromatic rings. The zero-order valence-corrected chi connectivity index (χ0v) is 30.1. The highest BCUT2D eigenvalue weighted by molar-refractivity contribution is 5.85. The summed E-state index contributed by atoms with van der Waals surface area (Å²) in [5.41, 5.74) is 4.96. The second-order valence-electron chi connectivity index (χ2n) is 14.8. The number of ether oxygens (including phenoxy) is 1. The lowest BCUT2D eigenvalue weighted by Gasteiger charge is -2.35. The summed E-state index contributed by atoms with van der Waals surface area (Å²) in [5.74, 6) is 2.02. The van der Waals surface area contributed by atoms with Gasteiger partial charge >= 0.3 is 5.97 Å². The van der Waals surface area contributed by atoms with Gasteiger partial charge in [-0.2, -0.15) is 0 Å². The van der Waals surface area contributed by atoms with Crippen molar-refractivity contribution < 1.29 is 24.2 Å². The van der Waals surface area contributed by atoms with Gasteiger partial charge in [-0.05, 0) is 91.5 Å². The summed E-state index contributed by atoms with van der Waals surface area (Å²) < 4.78 is 5.19. The summed E-state index contributed by atoms with van der Waals surface area (Å²) in [6, 6.07) is 14.6. The van der Waals surface area contributed by atoms with Crippen LogP contribution in [0.3, 0.4) is 0 Å². The number of nitrogens with zero attached hydrogens (tertiary/aromatic N) is 3. The van der Waals surface area contributed by atoms with E-state index in [0.29, 0.717) is 18.7 Å². The quantitative estimate of drug-likeness (QED) is 0.190. The molecule has 9 nitrogen and oxygen atoms in total. The van der Waals surface area contributed by atoms with Gasteiger partial charge in [0.2, 0.25) is 11.8 Å². The largest absolute Gasteiger partial charge is 0.497 e. The van der Waals surface area contributed by atoms with Crippen molar-refractivity contribution in [3.63, 3.8) is 0 Å². The molecule has 3 atom stereocenters. The van der Waals surface area contributed by atoms with Gasteiger partial charge in [0.1, 0.15) is 12.3 Å². The lowest BCUT2D eigenvalue weighted by Crippen LogP contribution is -2.47. The average molecular weight is 693 g/mol. The zero-order chi connectivity index (χ0) is 35.7. The van der Waals surface area contributed by atoms with Crippen LogP contribution in [0.4, 0.5) is 0 Å². The molecule has 0 spiro atoms. The Morgan fingerprint density at radius 3 is 2.20 bits per heavy atom. The number of nitrogens with one attached hydrogen (secondary N) is 1. The Bertz CT molecular complexity index is 1660. The maximum Gasteiger partial charge on any atom is 0.323 e. The van der Waals surface area contributed by atoms with E-state index < -0.39 is 18.4 Å². The van der Waals surface area contributed by atoms with E-state index in [1.54, 1.807) is 7.11 Å². The summed E-state index contributed by atoms with van der Waals surface area (Å²) in [6.07, 6.45) is 18.9. The lowest BCUT2D eigenvalue weighted by molar-refractivity contribution is -0.147. The zero-order valence-electron chi connectivity index (χ0n) is 30.1. The van der Waals surface area contributed by atoms with Gasteiger partial charge in [-0.1, -0.05) is 75.1 Å². The van der Waals surface area contributed by atoms with Crippen LogP contribution in [0.5, 0.6) is 5.75 Å². The van der Waals surface area contributed by atoms with Gasteiger partial charge in [0.05, 0.1) is 19.4 Å². The van der Waals surface area contributed by atoms with Crippen LogP contribution < -0.4 is 10.1 Å². The molecule has 2 aromatic carbocycles. The minimum Gasteiger partial charge on any atom is -0.497 e. The van der Waals surface area contributed by atoms with Gasteiger partial charge in [-0.25, -0.2) is 9.97 Å². The Hall–Kier alpha value is -4.53. The molecule has 3 aliphatic rings. The Labute approximate surface area is 301 Å². The normalized spacial score (nSPS) is 23.3. The molecular formula is C42H52N4O5. The van der Waals surface area contributed by atoms with Gasteiger partial charge in [-0.3, -0.25) is 14.4 Å². The van der Waals surface area contributed by atoms with E-state index in [-0.39, 0.29) is 30.8 Å². The smallest absolute Gasteiger partial charge is 0.323 e. The Balaban J connectivity index is 1.04. The monoisotopic (exact) mass is 692 g/mol. The number of methoxy groups -OCH3 is 1. The fraction of sp³-hybridized carbons (Fsp3) is 0.500. The van der Waals surface area contributed by atoms with E-state index in [4.69, 9.17) is 14.7 Å². The Kier molecular flexibility index (Phi) is 12.2. The molecule has 3 aliphatic carbocycles. The first-order valence-corrected chi connectivity index (χ1v) is 18.8. The number of rotatable bonds is 13. The predicted molar refractivity (Wildman–Crippen MR) is 198 cm³/mol. The van der Waals surface area contributed by atoms with Crippen LogP contribution in [-0.4, -0.2) is 57.5 Å². The molecule has 51 heavy (non-hydrogen) atoms. The number of carboxylic acid groups (broad SMARTS) is 1. The number of aliphatic carboxylic acids is 1. The van der Waals surface area contributed by atoms with Gasteiger partial charge in [0, 0.05) is 36.1 Å². The van der Waals surface area contributed by atoms with Crippen molar-refractivity contribution in [3.05, 3.63) is 83.7 Å². The molecule has 9 heteroatoms. The van der Waals surface area contributed by atoms with Crippen molar-refractivity contribution in [2.75, 3.05) is 13.7 Å². The number of carbonyl (C=O) groups is 3. The number of hydrogen-bond donors (Lipinski definition) is 2. The number of carbonyl (C=O) groups excluding carboxylic acids is 2. The molecule has 2 saturated carbocycles. The second kappa shape index (κ2) is 17.1. The number of carboxylic acids is 1. The molecule has 1 unspecified atom stereocenters. The number of allylic oxidation sites excluding steroid dienone is 2. The second-order valence-corrected chi connectivity index (χ2v) is 14.8. The number of benzene rings is 2. The van der Waals surface area contributed by atoms with Gasteiger partial charge in [0.25, 0.3) is 0 Å². The first-order chi connectivity index (χ1) is 24.8. The molecule has 270 valence electrons. The van der Waals surface area contributed by atoms with Crippen LogP contribution in [0, 0.1) is 23.7 Å². The molecule has 0 saturated heterocycles. The van der Waals surface area contributed by atoms with E-state index in [0.717, 1.165) is 65.0 Å². The summed E-state index contributed by atoms with van der Waals surface area (Å²) in [4.78, 5) is 49.2. The van der Waals surface area contributed by atoms with Gasteiger partial charge in [0.15, 0.2) is 5.82 Å². The Morgan fingerprint density at radius 1 is 0.863 bits per heavy atom. The van der Waals surface area contributed by atoms with E-state index in [2.05, 4.69) is 18.3 Å². The molecule has 2 N–H and O–H groups in total. The molecule has 1 aromatic heterocycles. The highest BCUT2D eigenvalue weighted by Crippen LogP contribution is 2.41. The van der Waals surface area contributed by atoms with Crippen LogP contribution in [0.2, 0.25) is 0 Å². The molecular weight excluding hydrogens is 640 g/mol. The van der Waals surface area contributed by atoms with Crippen LogP contribution in [0.25, 0.3) is 17.0 Å². The lowest BCUT2D eigenvalue weighted by atomic mass is 9.71. The van der Waals surface area contributed by atoms with E-state index >= 15 is 0 Å². The summed E-state index contributed by atoms with van der Waals surface area (Å²) in [7, 11) is 1.59. The third kappa shape index (κ3) is 9.43. The van der Waals surface area contributed by atoms with Crippen molar-refractivity contribution in [1.82, 2.24) is 20.2 Å². The Morgan fingerprint density at radius 2 is 1.57 bits per heavy atom. The predicted octanol–water partition coefficient (Wildman–Crippen LogP) is 7.49. The van der Waals surface area contributed by atoms with Crippen molar-refractivity contribution >= 4 is 23.4 Å². The van der Waals surface area contributed by atoms with E-state index in [9.17, 15) is 19.5 Å². The molecule has 2 amide bonds. The average Bonchev–Trinajstić information content (AvgIpc) is 3.62. The summed E-state index contributed by atoms with van der Waals surface area (Å²) >= 11 is 0. The number of amides is 2. The van der Waals surface area contributed by atoms with Gasteiger partial charge in [-0.15, -0.1) is 0 Å². The fourth-order valence-corrected chi connectivity index (χ4v) is 8.46. The standard InChI is InChI=1S/C42H52N4O5/c1-3-28-7-13-31(14-8-28)32-17-19-33(20-18-32)35-24-43-41(44-25-35)34-15-9-30(10-16-34)26-46(27-40(48)49)42(50)37-5-4-6-38(37)45-39(47)23-29-11-21-36(51-2)22-12-29/h9-12,15-16,19,21-22,24-25,28,31-32,37-38H,3-8,13-14,17-18,20,23,26-27H2,1-2H3,(H,45,47)(H,48,49)/t28-,31-,32?,37-,38+/m0/s1. The van der Waals surface area contributed by atoms with Gasteiger partial charge < -0.3 is 20.1 Å². The van der Waals surface area contributed by atoms with Crippen LogP contribution in [0.1, 0.15) is 94.2 Å². The van der Waals surface area contributed by atoms with Crippen LogP contribution in [0.15, 0.2) is 67.0 Å².